The molecule has 0 aromatic heterocycles. The Bertz CT molecular complexity index is 418. The van der Waals surface area contributed by atoms with Crippen molar-refractivity contribution in [1.82, 2.24) is 4.90 Å². The second-order valence-corrected chi connectivity index (χ2v) is 4.35. The molecule has 1 aliphatic heterocycles. The van der Waals surface area contributed by atoms with E-state index in [9.17, 15) is 4.79 Å². The first-order valence-electron chi connectivity index (χ1n) is 6.02. The highest BCUT2D eigenvalue weighted by atomic mass is 16.2. The number of rotatable bonds is 4. The number of benzene rings is 1. The zero-order valence-corrected chi connectivity index (χ0v) is 10.1. The molecule has 1 heterocycles. The Labute approximate surface area is 102 Å². The smallest absolute Gasteiger partial charge is 0.259 e. The third-order valence-corrected chi connectivity index (χ3v) is 3.24. The van der Waals surface area contributed by atoms with Gasteiger partial charge in [0.15, 0.2) is 0 Å². The summed E-state index contributed by atoms with van der Waals surface area (Å²) in [5, 5.41) is 0. The van der Waals surface area contributed by atoms with E-state index in [4.69, 9.17) is 5.73 Å². The summed E-state index contributed by atoms with van der Waals surface area (Å²) in [5.74, 6) is 0.0366. The van der Waals surface area contributed by atoms with Crippen LogP contribution in [-0.4, -0.2) is 23.4 Å². The first-order chi connectivity index (χ1) is 8.20. The molecule has 90 valence electrons. The van der Waals surface area contributed by atoms with Gasteiger partial charge < -0.3 is 10.6 Å². The second-order valence-electron chi connectivity index (χ2n) is 4.35. The minimum absolute atomic E-state index is 0.0366. The lowest BCUT2D eigenvalue weighted by molar-refractivity contribution is 0.0802. The van der Waals surface area contributed by atoms with E-state index in [1.807, 2.05) is 24.3 Å². The van der Waals surface area contributed by atoms with Crippen molar-refractivity contribution in [3.8, 4) is 0 Å². The van der Waals surface area contributed by atoms with E-state index >= 15 is 0 Å². The molecule has 17 heavy (non-hydrogen) atoms. The number of hydrogen-bond donors (Lipinski definition) is 1. The molecule has 0 bridgehead atoms. The number of nitrogens with two attached hydrogens (primary N) is 1. The average molecular weight is 230 g/mol. The van der Waals surface area contributed by atoms with Gasteiger partial charge in [-0.2, -0.15) is 0 Å². The van der Waals surface area contributed by atoms with Crippen molar-refractivity contribution < 1.29 is 4.79 Å². The largest absolute Gasteiger partial charge is 0.328 e. The van der Waals surface area contributed by atoms with Crippen LogP contribution in [0.3, 0.4) is 0 Å². The Morgan fingerprint density at radius 3 is 2.53 bits per heavy atom. The monoisotopic (exact) mass is 230 g/mol. The van der Waals surface area contributed by atoms with Gasteiger partial charge in [-0.25, -0.2) is 0 Å². The van der Waals surface area contributed by atoms with Gasteiger partial charge in [0, 0.05) is 29.4 Å². The van der Waals surface area contributed by atoms with Crippen molar-refractivity contribution >= 4 is 11.6 Å². The van der Waals surface area contributed by atoms with E-state index in [2.05, 4.69) is 13.5 Å². The zero-order valence-electron chi connectivity index (χ0n) is 10.1. The van der Waals surface area contributed by atoms with E-state index < -0.39 is 0 Å². The zero-order chi connectivity index (χ0) is 12.4. The molecule has 1 aliphatic rings. The summed E-state index contributed by atoms with van der Waals surface area (Å²) in [6, 6.07) is 7.66. The van der Waals surface area contributed by atoms with Gasteiger partial charge in [-0.05, 0) is 12.5 Å². The van der Waals surface area contributed by atoms with Crippen LogP contribution in [0.4, 0.5) is 0 Å². The fraction of sp³-hybridized carbons (Fsp3) is 0.357. The Balaban J connectivity index is 2.35. The SMILES string of the molecule is C=C1c2ccccc2C(=O)N1C(CN)CCC. The molecule has 0 saturated heterocycles. The van der Waals surface area contributed by atoms with E-state index in [1.54, 1.807) is 4.90 Å². The second kappa shape index (κ2) is 4.72. The molecule has 3 heteroatoms. The van der Waals surface area contributed by atoms with Crippen LogP contribution >= 0.6 is 0 Å². The molecule has 1 aromatic carbocycles. The van der Waals surface area contributed by atoms with Crippen LogP contribution in [-0.2, 0) is 0 Å². The molecule has 1 atom stereocenters. The molecule has 0 fully saturated rings. The standard InChI is InChI=1S/C14H18N2O/c1-3-6-11(9-15)16-10(2)12-7-4-5-8-13(12)14(16)17/h4-5,7-8,11H,2-3,6,9,15H2,1H3. The van der Waals surface area contributed by atoms with Crippen molar-refractivity contribution in [2.24, 2.45) is 5.73 Å². The summed E-state index contributed by atoms with van der Waals surface area (Å²) in [7, 11) is 0. The van der Waals surface area contributed by atoms with E-state index in [0.717, 1.165) is 29.7 Å². The van der Waals surface area contributed by atoms with Crippen LogP contribution in [0.5, 0.6) is 0 Å². The molecule has 2 rings (SSSR count). The maximum Gasteiger partial charge on any atom is 0.259 e. The molecule has 0 aliphatic carbocycles. The summed E-state index contributed by atoms with van der Waals surface area (Å²) in [4.78, 5) is 14.0. The molecule has 1 unspecified atom stereocenters. The third kappa shape index (κ3) is 1.87. The highest BCUT2D eigenvalue weighted by molar-refractivity contribution is 6.09. The Hall–Kier alpha value is -1.61. The fourth-order valence-corrected chi connectivity index (χ4v) is 2.38. The van der Waals surface area contributed by atoms with Gasteiger partial charge in [-0.15, -0.1) is 0 Å². The number of carbonyl (C=O) groups excluding carboxylic acids is 1. The van der Waals surface area contributed by atoms with Gasteiger partial charge in [0.25, 0.3) is 5.91 Å². The molecular weight excluding hydrogens is 212 g/mol. The minimum atomic E-state index is 0.0366. The van der Waals surface area contributed by atoms with Crippen LogP contribution in [0, 0.1) is 0 Å². The first kappa shape index (κ1) is 11.9. The molecule has 0 spiro atoms. The summed E-state index contributed by atoms with van der Waals surface area (Å²) in [6.45, 7) is 6.60. The summed E-state index contributed by atoms with van der Waals surface area (Å²) in [6.07, 6.45) is 1.92. The number of hydrogen-bond acceptors (Lipinski definition) is 2. The fourth-order valence-electron chi connectivity index (χ4n) is 2.38. The highest BCUT2D eigenvalue weighted by Crippen LogP contribution is 2.33. The number of nitrogens with zero attached hydrogens (tertiary/aromatic N) is 1. The van der Waals surface area contributed by atoms with E-state index in [-0.39, 0.29) is 11.9 Å². The lowest BCUT2D eigenvalue weighted by Crippen LogP contribution is -2.39. The van der Waals surface area contributed by atoms with Crippen LogP contribution in [0.1, 0.15) is 35.7 Å². The van der Waals surface area contributed by atoms with Crippen LogP contribution in [0.2, 0.25) is 0 Å². The lowest BCUT2D eigenvalue weighted by atomic mass is 10.1. The van der Waals surface area contributed by atoms with E-state index in [1.165, 1.54) is 0 Å². The predicted octanol–water partition coefficient (Wildman–Crippen LogP) is 2.24. The molecule has 0 saturated carbocycles. The van der Waals surface area contributed by atoms with Gasteiger partial charge in [-0.3, -0.25) is 4.79 Å². The maximum absolute atomic E-state index is 12.3. The van der Waals surface area contributed by atoms with Crippen molar-refractivity contribution in [2.75, 3.05) is 6.54 Å². The van der Waals surface area contributed by atoms with Crippen molar-refractivity contribution in [2.45, 2.75) is 25.8 Å². The molecule has 0 radical (unpaired) electrons. The van der Waals surface area contributed by atoms with Crippen molar-refractivity contribution in [3.05, 3.63) is 42.0 Å². The van der Waals surface area contributed by atoms with Gasteiger partial charge in [-0.1, -0.05) is 38.1 Å². The first-order valence-corrected chi connectivity index (χ1v) is 6.02. The van der Waals surface area contributed by atoms with Crippen molar-refractivity contribution in [1.29, 1.82) is 0 Å². The quantitative estimate of drug-likeness (QED) is 0.862. The topological polar surface area (TPSA) is 46.3 Å². The normalized spacial score (nSPS) is 16.2. The van der Waals surface area contributed by atoms with E-state index in [0.29, 0.717) is 6.54 Å². The van der Waals surface area contributed by atoms with Crippen LogP contribution < -0.4 is 5.73 Å². The maximum atomic E-state index is 12.3. The molecule has 2 N–H and O–H groups in total. The average Bonchev–Trinajstić information content (AvgIpc) is 2.61. The predicted molar refractivity (Wildman–Crippen MR) is 69.4 cm³/mol. The Morgan fingerprint density at radius 2 is 2.00 bits per heavy atom. The summed E-state index contributed by atoms with van der Waals surface area (Å²) >= 11 is 0. The third-order valence-electron chi connectivity index (χ3n) is 3.24. The molecule has 1 amide bonds. The Morgan fingerprint density at radius 1 is 1.35 bits per heavy atom. The molecule has 1 aromatic rings. The number of fused-ring (bicyclic) bond motifs is 1. The molecular formula is C14H18N2O. The highest BCUT2D eigenvalue weighted by Gasteiger charge is 2.34. The van der Waals surface area contributed by atoms with Gasteiger partial charge in [0.2, 0.25) is 0 Å². The lowest BCUT2D eigenvalue weighted by Gasteiger charge is -2.27. The number of amides is 1. The minimum Gasteiger partial charge on any atom is -0.328 e. The van der Waals surface area contributed by atoms with Crippen LogP contribution in [0.25, 0.3) is 5.70 Å². The van der Waals surface area contributed by atoms with Gasteiger partial charge >= 0.3 is 0 Å². The number of carbonyl (C=O) groups is 1. The summed E-state index contributed by atoms with van der Waals surface area (Å²) < 4.78 is 0. The van der Waals surface area contributed by atoms with Crippen molar-refractivity contribution in [3.63, 3.8) is 0 Å². The van der Waals surface area contributed by atoms with Gasteiger partial charge in [0.1, 0.15) is 0 Å². The Kier molecular flexibility index (Phi) is 3.29. The summed E-state index contributed by atoms with van der Waals surface area (Å²) in [5.41, 5.74) is 8.23. The van der Waals surface area contributed by atoms with Crippen LogP contribution in [0.15, 0.2) is 30.8 Å². The van der Waals surface area contributed by atoms with Gasteiger partial charge in [0.05, 0.1) is 0 Å². The molecule has 3 nitrogen and oxygen atoms in total.